The largest absolute Gasteiger partial charge is 0.493 e. The van der Waals surface area contributed by atoms with Crippen molar-refractivity contribution in [2.75, 3.05) is 26.9 Å². The molecule has 0 saturated carbocycles. The van der Waals surface area contributed by atoms with Gasteiger partial charge in [0.15, 0.2) is 30.5 Å². The number of aromatic nitrogens is 1. The molecule has 230 valence electrons. The number of hydrogen-bond donors (Lipinski definition) is 1. The van der Waals surface area contributed by atoms with E-state index in [0.29, 0.717) is 24.7 Å². The lowest BCUT2D eigenvalue weighted by atomic mass is 10.0. The summed E-state index contributed by atoms with van der Waals surface area (Å²) in [5.41, 5.74) is 1.20. The number of nitrogens with zero attached hydrogens (tertiary/aromatic N) is 1. The van der Waals surface area contributed by atoms with Crippen LogP contribution in [0, 0.1) is 0 Å². The van der Waals surface area contributed by atoms with Crippen LogP contribution in [0.5, 0.6) is 17.2 Å². The highest BCUT2D eigenvalue weighted by molar-refractivity contribution is 5.77. The van der Waals surface area contributed by atoms with Crippen molar-refractivity contribution in [3.05, 3.63) is 48.3 Å². The van der Waals surface area contributed by atoms with Crippen molar-refractivity contribution >= 4 is 5.91 Å². The quantitative estimate of drug-likeness (QED) is 0.0972. The van der Waals surface area contributed by atoms with Crippen LogP contribution in [0.1, 0.15) is 116 Å². The molecule has 0 fully saturated rings. The summed E-state index contributed by atoms with van der Waals surface area (Å²) in [5, 5.41) is 2.93. The molecule has 2 rings (SSSR count). The van der Waals surface area contributed by atoms with E-state index in [-0.39, 0.29) is 12.5 Å². The predicted octanol–water partition coefficient (Wildman–Crippen LogP) is 7.99. The van der Waals surface area contributed by atoms with E-state index in [4.69, 9.17) is 14.2 Å². The van der Waals surface area contributed by atoms with E-state index in [2.05, 4.69) is 48.3 Å². The molecule has 0 spiro atoms. The Morgan fingerprint density at radius 3 is 2.07 bits per heavy atom. The lowest BCUT2D eigenvalue weighted by Gasteiger charge is -2.13. The van der Waals surface area contributed by atoms with Crippen molar-refractivity contribution in [2.45, 2.75) is 123 Å². The number of amides is 1. The van der Waals surface area contributed by atoms with Gasteiger partial charge in [-0.05, 0) is 31.0 Å². The van der Waals surface area contributed by atoms with Crippen molar-refractivity contribution < 1.29 is 23.6 Å². The first-order valence-corrected chi connectivity index (χ1v) is 16.3. The lowest BCUT2D eigenvalue weighted by Crippen LogP contribution is -2.34. The van der Waals surface area contributed by atoms with Gasteiger partial charge in [-0.3, -0.25) is 4.79 Å². The number of aryl methyl sites for hydroxylation is 1. The van der Waals surface area contributed by atoms with Gasteiger partial charge in [-0.2, -0.15) is 0 Å². The molecular weight excluding hydrogens is 512 g/mol. The zero-order valence-corrected chi connectivity index (χ0v) is 26.3. The zero-order valence-electron chi connectivity index (χ0n) is 26.3. The fraction of sp³-hybridized carbons (Fsp3) is 0.657. The second-order valence-electron chi connectivity index (χ2n) is 11.1. The number of carbonyl (C=O) groups excluding carboxylic acids is 1. The highest BCUT2D eigenvalue weighted by atomic mass is 16.5. The highest BCUT2D eigenvalue weighted by Gasteiger charge is 2.10. The van der Waals surface area contributed by atoms with Gasteiger partial charge in [-0.15, -0.1) is 0 Å². The molecule has 1 aromatic carbocycles. The van der Waals surface area contributed by atoms with Gasteiger partial charge in [0.2, 0.25) is 0 Å². The zero-order chi connectivity index (χ0) is 29.4. The van der Waals surface area contributed by atoms with E-state index in [1.807, 2.05) is 18.2 Å². The Hall–Kier alpha value is -2.76. The minimum atomic E-state index is -0.150. The standard InChI is InChI=1S/C35H56N2O4/c1-4-6-7-8-9-10-11-12-13-14-15-16-17-18-27-40-32-21-22-33(34(28-32)39-3)41-30-35(38)36-24-23-31-20-19-26-37(29-31)25-5-2/h19-22,26,28-29H,4-18,23-25,27,30H2,1-3H3/p+1. The first-order valence-electron chi connectivity index (χ1n) is 16.3. The van der Waals surface area contributed by atoms with Gasteiger partial charge < -0.3 is 19.5 Å². The number of methoxy groups -OCH3 is 1. The molecule has 6 nitrogen and oxygen atoms in total. The molecule has 41 heavy (non-hydrogen) atoms. The Balaban J connectivity index is 1.53. The van der Waals surface area contributed by atoms with Crippen LogP contribution in [0.4, 0.5) is 0 Å². The van der Waals surface area contributed by atoms with E-state index in [1.54, 1.807) is 7.11 Å². The molecule has 0 bridgehead atoms. The molecular formula is C35H57N2O4+. The van der Waals surface area contributed by atoms with E-state index >= 15 is 0 Å². The van der Waals surface area contributed by atoms with Crippen LogP contribution < -0.4 is 24.1 Å². The molecule has 0 atom stereocenters. The smallest absolute Gasteiger partial charge is 0.257 e. The van der Waals surface area contributed by atoms with E-state index in [1.165, 1.54) is 89.0 Å². The van der Waals surface area contributed by atoms with Crippen molar-refractivity contribution in [1.29, 1.82) is 0 Å². The number of nitrogens with one attached hydrogen (secondary N) is 1. The van der Waals surface area contributed by atoms with Crippen molar-refractivity contribution in [3.63, 3.8) is 0 Å². The maximum atomic E-state index is 12.3. The summed E-state index contributed by atoms with van der Waals surface area (Å²) in [4.78, 5) is 12.3. The van der Waals surface area contributed by atoms with Gasteiger partial charge in [-0.25, -0.2) is 4.57 Å². The van der Waals surface area contributed by atoms with Gasteiger partial charge >= 0.3 is 0 Å². The number of pyridine rings is 1. The first-order chi connectivity index (χ1) is 20.2. The van der Waals surface area contributed by atoms with Gasteiger partial charge in [0.25, 0.3) is 5.91 Å². The van der Waals surface area contributed by atoms with Gasteiger partial charge in [-0.1, -0.05) is 97.3 Å². The van der Waals surface area contributed by atoms with Crippen LogP contribution in [0.2, 0.25) is 0 Å². The molecule has 1 heterocycles. The second-order valence-corrected chi connectivity index (χ2v) is 11.1. The van der Waals surface area contributed by atoms with E-state index in [9.17, 15) is 4.79 Å². The Labute approximate surface area is 250 Å². The molecule has 0 aliphatic heterocycles. The summed E-state index contributed by atoms with van der Waals surface area (Å²) in [5.74, 6) is 1.72. The number of ether oxygens (including phenoxy) is 3. The van der Waals surface area contributed by atoms with Gasteiger partial charge in [0.05, 0.1) is 13.7 Å². The third-order valence-corrected chi connectivity index (χ3v) is 7.40. The molecule has 0 radical (unpaired) electrons. The summed E-state index contributed by atoms with van der Waals surface area (Å²) >= 11 is 0. The second kappa shape index (κ2) is 22.9. The van der Waals surface area contributed by atoms with Crippen LogP contribution in [-0.2, 0) is 17.8 Å². The number of rotatable bonds is 25. The maximum Gasteiger partial charge on any atom is 0.257 e. The minimum absolute atomic E-state index is 0.0553. The average Bonchev–Trinajstić information content (AvgIpc) is 2.98. The Kier molecular flexibility index (Phi) is 19.2. The fourth-order valence-corrected chi connectivity index (χ4v) is 5.01. The first kappa shape index (κ1) is 34.4. The van der Waals surface area contributed by atoms with Crippen LogP contribution in [0.15, 0.2) is 42.7 Å². The van der Waals surface area contributed by atoms with Crippen molar-refractivity contribution in [2.24, 2.45) is 0 Å². The Morgan fingerprint density at radius 1 is 0.780 bits per heavy atom. The molecule has 0 aliphatic carbocycles. The predicted molar refractivity (Wildman–Crippen MR) is 168 cm³/mol. The van der Waals surface area contributed by atoms with Crippen molar-refractivity contribution in [3.8, 4) is 17.2 Å². The van der Waals surface area contributed by atoms with Crippen LogP contribution in [0.3, 0.4) is 0 Å². The summed E-state index contributed by atoms with van der Waals surface area (Å²) < 4.78 is 19.3. The Bertz CT molecular complexity index is 950. The number of carbonyl (C=O) groups is 1. The molecule has 2 aromatic rings. The third kappa shape index (κ3) is 16.3. The van der Waals surface area contributed by atoms with Gasteiger partial charge in [0, 0.05) is 30.7 Å². The highest BCUT2D eigenvalue weighted by Crippen LogP contribution is 2.31. The third-order valence-electron chi connectivity index (χ3n) is 7.40. The molecule has 1 aromatic heterocycles. The van der Waals surface area contributed by atoms with E-state index < -0.39 is 0 Å². The SMILES string of the molecule is CCCCCCCCCCCCCCCCOc1ccc(OCC(=O)NCCc2ccc[n+](CCC)c2)c(OC)c1. The summed E-state index contributed by atoms with van der Waals surface area (Å²) in [7, 11) is 1.60. The monoisotopic (exact) mass is 569 g/mol. The summed E-state index contributed by atoms with van der Waals surface area (Å²) in [6.45, 7) is 6.66. The van der Waals surface area contributed by atoms with Crippen molar-refractivity contribution in [1.82, 2.24) is 5.32 Å². The normalized spacial score (nSPS) is 10.9. The van der Waals surface area contributed by atoms with Crippen LogP contribution in [0.25, 0.3) is 0 Å². The van der Waals surface area contributed by atoms with Crippen LogP contribution >= 0.6 is 0 Å². The number of benzene rings is 1. The van der Waals surface area contributed by atoms with Gasteiger partial charge in [0.1, 0.15) is 12.3 Å². The topological polar surface area (TPSA) is 60.7 Å². The molecule has 0 aliphatic rings. The molecule has 1 amide bonds. The Morgan fingerprint density at radius 2 is 1.44 bits per heavy atom. The number of hydrogen-bond acceptors (Lipinski definition) is 4. The molecule has 0 unspecified atom stereocenters. The molecule has 6 heteroatoms. The number of unbranched alkanes of at least 4 members (excludes halogenated alkanes) is 13. The van der Waals surface area contributed by atoms with E-state index in [0.717, 1.165) is 31.6 Å². The molecule has 1 N–H and O–H groups in total. The fourth-order valence-electron chi connectivity index (χ4n) is 5.01. The molecule has 0 saturated heterocycles. The lowest BCUT2D eigenvalue weighted by molar-refractivity contribution is -0.697. The summed E-state index contributed by atoms with van der Waals surface area (Å²) in [6.07, 6.45) is 24.9. The maximum absolute atomic E-state index is 12.3. The van der Waals surface area contributed by atoms with Crippen LogP contribution in [-0.4, -0.2) is 32.8 Å². The minimum Gasteiger partial charge on any atom is -0.493 e. The average molecular weight is 570 g/mol. The summed E-state index contributed by atoms with van der Waals surface area (Å²) in [6, 6.07) is 9.65.